The van der Waals surface area contributed by atoms with E-state index in [2.05, 4.69) is 23.5 Å². The van der Waals surface area contributed by atoms with Crippen molar-refractivity contribution in [1.82, 2.24) is 10.2 Å². The highest BCUT2D eigenvalue weighted by atomic mass is 32.2. The van der Waals surface area contributed by atoms with Gasteiger partial charge in [0, 0.05) is 31.0 Å². The smallest absolute Gasteiger partial charge is 0.242 e. The third kappa shape index (κ3) is 7.94. The van der Waals surface area contributed by atoms with Crippen molar-refractivity contribution in [3.8, 4) is 0 Å². The van der Waals surface area contributed by atoms with Crippen LogP contribution in [0.25, 0.3) is 0 Å². The summed E-state index contributed by atoms with van der Waals surface area (Å²) < 4.78 is 0. The Hall–Kier alpha value is -2.27. The van der Waals surface area contributed by atoms with Crippen LogP contribution in [-0.2, 0) is 21.9 Å². The number of rotatable bonds is 11. The highest BCUT2D eigenvalue weighted by Crippen LogP contribution is 2.16. The first-order chi connectivity index (χ1) is 14.0. The summed E-state index contributed by atoms with van der Waals surface area (Å²) in [5.41, 5.74) is 3.45. The lowest BCUT2D eigenvalue weighted by atomic mass is 10.1. The first-order valence-electron chi connectivity index (χ1n) is 10.3. The lowest BCUT2D eigenvalue weighted by Crippen LogP contribution is -2.47. The van der Waals surface area contributed by atoms with Crippen LogP contribution in [0.15, 0.2) is 54.6 Å². The standard InChI is InChI=1S/C24H32N2O2S/c1-4-14-25-24(28)20(3)26(17-22-12-8-9-19(2)16-22)23(27)13-15-29-18-21-10-6-5-7-11-21/h5-12,16,20H,4,13-15,17-18H2,1-3H3,(H,25,28)/t20-/m0/s1. The number of hydrogen-bond acceptors (Lipinski definition) is 3. The summed E-state index contributed by atoms with van der Waals surface area (Å²) in [4.78, 5) is 27.2. The van der Waals surface area contributed by atoms with Crippen LogP contribution in [0, 0.1) is 6.92 Å². The largest absolute Gasteiger partial charge is 0.354 e. The van der Waals surface area contributed by atoms with Gasteiger partial charge in [-0.25, -0.2) is 0 Å². The van der Waals surface area contributed by atoms with E-state index in [1.54, 1.807) is 16.7 Å². The lowest BCUT2D eigenvalue weighted by Gasteiger charge is -2.29. The molecule has 4 nitrogen and oxygen atoms in total. The molecular weight excluding hydrogens is 380 g/mol. The SMILES string of the molecule is CCCNC(=O)[C@H](C)N(Cc1cccc(C)c1)C(=O)CCSCc1ccccc1. The average Bonchev–Trinajstić information content (AvgIpc) is 2.73. The predicted octanol–water partition coefficient (Wildman–Crippen LogP) is 4.56. The Bertz CT molecular complexity index is 779. The number of benzene rings is 2. The van der Waals surface area contributed by atoms with Gasteiger partial charge in [-0.3, -0.25) is 9.59 Å². The molecule has 1 N–H and O–H groups in total. The van der Waals surface area contributed by atoms with Gasteiger partial charge in [0.1, 0.15) is 6.04 Å². The molecule has 156 valence electrons. The van der Waals surface area contributed by atoms with Gasteiger partial charge >= 0.3 is 0 Å². The second-order valence-corrected chi connectivity index (χ2v) is 8.37. The van der Waals surface area contributed by atoms with E-state index in [-0.39, 0.29) is 11.8 Å². The van der Waals surface area contributed by atoms with E-state index in [1.165, 1.54) is 5.56 Å². The molecule has 2 aromatic carbocycles. The molecule has 1 atom stereocenters. The Kier molecular flexibility index (Phi) is 9.78. The number of aryl methyl sites for hydroxylation is 1. The minimum absolute atomic E-state index is 0.0196. The van der Waals surface area contributed by atoms with Crippen molar-refractivity contribution < 1.29 is 9.59 Å². The number of hydrogen-bond donors (Lipinski definition) is 1. The van der Waals surface area contributed by atoms with Crippen LogP contribution < -0.4 is 5.32 Å². The van der Waals surface area contributed by atoms with E-state index in [4.69, 9.17) is 0 Å². The van der Waals surface area contributed by atoms with E-state index in [0.717, 1.165) is 29.1 Å². The Morgan fingerprint density at radius 1 is 1.07 bits per heavy atom. The van der Waals surface area contributed by atoms with E-state index in [9.17, 15) is 9.59 Å². The lowest BCUT2D eigenvalue weighted by molar-refractivity contribution is -0.140. The van der Waals surface area contributed by atoms with Crippen LogP contribution in [-0.4, -0.2) is 35.1 Å². The highest BCUT2D eigenvalue weighted by molar-refractivity contribution is 7.98. The van der Waals surface area contributed by atoms with Crippen LogP contribution in [0.1, 0.15) is 43.4 Å². The zero-order valence-electron chi connectivity index (χ0n) is 17.7. The van der Waals surface area contributed by atoms with Crippen molar-refractivity contribution >= 4 is 23.6 Å². The highest BCUT2D eigenvalue weighted by Gasteiger charge is 2.25. The van der Waals surface area contributed by atoms with Crippen LogP contribution in [0.2, 0.25) is 0 Å². The molecule has 0 aliphatic heterocycles. The molecule has 0 aliphatic rings. The van der Waals surface area contributed by atoms with Gasteiger partial charge < -0.3 is 10.2 Å². The molecule has 0 heterocycles. The maximum absolute atomic E-state index is 13.0. The monoisotopic (exact) mass is 412 g/mol. The fourth-order valence-electron chi connectivity index (χ4n) is 3.05. The number of amides is 2. The van der Waals surface area contributed by atoms with E-state index >= 15 is 0 Å². The molecule has 0 saturated heterocycles. The summed E-state index contributed by atoms with van der Waals surface area (Å²) in [6.45, 7) is 6.95. The Morgan fingerprint density at radius 3 is 2.48 bits per heavy atom. The van der Waals surface area contributed by atoms with Crippen molar-refractivity contribution in [2.75, 3.05) is 12.3 Å². The third-order valence-corrected chi connectivity index (χ3v) is 5.75. The Morgan fingerprint density at radius 2 is 1.79 bits per heavy atom. The van der Waals surface area contributed by atoms with Crippen molar-refractivity contribution in [3.05, 3.63) is 71.3 Å². The Balaban J connectivity index is 1.98. The minimum Gasteiger partial charge on any atom is -0.354 e. The van der Waals surface area contributed by atoms with Gasteiger partial charge in [-0.05, 0) is 31.4 Å². The molecule has 0 aliphatic carbocycles. The van der Waals surface area contributed by atoms with E-state index in [1.807, 2.05) is 57.2 Å². The maximum Gasteiger partial charge on any atom is 0.242 e. The first-order valence-corrected chi connectivity index (χ1v) is 11.4. The van der Waals surface area contributed by atoms with Gasteiger partial charge in [0.05, 0.1) is 0 Å². The predicted molar refractivity (Wildman–Crippen MR) is 122 cm³/mol. The second-order valence-electron chi connectivity index (χ2n) is 7.27. The third-order valence-electron chi connectivity index (χ3n) is 4.72. The van der Waals surface area contributed by atoms with Gasteiger partial charge in [-0.1, -0.05) is 67.1 Å². The number of nitrogens with one attached hydrogen (secondary N) is 1. The van der Waals surface area contributed by atoms with E-state index in [0.29, 0.717) is 19.5 Å². The molecule has 0 spiro atoms. The maximum atomic E-state index is 13.0. The van der Waals surface area contributed by atoms with Gasteiger partial charge in [0.15, 0.2) is 0 Å². The number of nitrogens with zero attached hydrogens (tertiary/aromatic N) is 1. The van der Waals surface area contributed by atoms with Crippen molar-refractivity contribution in [1.29, 1.82) is 0 Å². The van der Waals surface area contributed by atoms with Crippen molar-refractivity contribution in [2.24, 2.45) is 0 Å². The fraction of sp³-hybridized carbons (Fsp3) is 0.417. The van der Waals surface area contributed by atoms with Crippen LogP contribution in [0.3, 0.4) is 0 Å². The molecule has 29 heavy (non-hydrogen) atoms. The topological polar surface area (TPSA) is 49.4 Å². The van der Waals surface area contributed by atoms with Gasteiger partial charge in [0.2, 0.25) is 11.8 Å². The Labute approximate surface area is 179 Å². The molecule has 5 heteroatoms. The molecule has 2 aromatic rings. The summed E-state index contributed by atoms with van der Waals surface area (Å²) in [6.07, 6.45) is 1.30. The number of carbonyl (C=O) groups is 2. The molecule has 2 rings (SSSR count). The van der Waals surface area contributed by atoms with Crippen LogP contribution in [0.5, 0.6) is 0 Å². The summed E-state index contributed by atoms with van der Waals surface area (Å²) in [7, 11) is 0. The molecule has 0 fully saturated rings. The summed E-state index contributed by atoms with van der Waals surface area (Å²) in [5.74, 6) is 1.55. The van der Waals surface area contributed by atoms with Crippen LogP contribution in [0.4, 0.5) is 0 Å². The molecular formula is C24H32N2O2S. The zero-order chi connectivity index (χ0) is 21.1. The summed E-state index contributed by atoms with van der Waals surface area (Å²) in [5, 5.41) is 2.92. The molecule has 0 unspecified atom stereocenters. The van der Waals surface area contributed by atoms with Gasteiger partial charge in [-0.15, -0.1) is 0 Å². The fourth-order valence-corrected chi connectivity index (χ4v) is 3.94. The average molecular weight is 413 g/mol. The summed E-state index contributed by atoms with van der Waals surface area (Å²) in [6, 6.07) is 17.9. The van der Waals surface area contributed by atoms with Gasteiger partial charge in [-0.2, -0.15) is 11.8 Å². The number of thioether (sulfide) groups is 1. The molecule has 0 radical (unpaired) electrons. The minimum atomic E-state index is -0.492. The van der Waals surface area contributed by atoms with Crippen molar-refractivity contribution in [3.63, 3.8) is 0 Å². The normalized spacial score (nSPS) is 11.7. The molecule has 0 aromatic heterocycles. The van der Waals surface area contributed by atoms with Crippen molar-refractivity contribution in [2.45, 2.75) is 52.0 Å². The van der Waals surface area contributed by atoms with Crippen LogP contribution >= 0.6 is 11.8 Å². The first kappa shape index (κ1) is 23.0. The quantitative estimate of drug-likeness (QED) is 0.550. The number of carbonyl (C=O) groups excluding carboxylic acids is 2. The van der Waals surface area contributed by atoms with Gasteiger partial charge in [0.25, 0.3) is 0 Å². The molecule has 0 bridgehead atoms. The molecule has 0 saturated carbocycles. The molecule has 2 amide bonds. The summed E-state index contributed by atoms with van der Waals surface area (Å²) >= 11 is 1.75. The second kappa shape index (κ2) is 12.3. The zero-order valence-corrected chi connectivity index (χ0v) is 18.5. The van der Waals surface area contributed by atoms with E-state index < -0.39 is 6.04 Å².